The van der Waals surface area contributed by atoms with Gasteiger partial charge in [0.25, 0.3) is 5.56 Å². The molecule has 0 spiro atoms. The van der Waals surface area contributed by atoms with Gasteiger partial charge in [-0.1, -0.05) is 66.9 Å². The van der Waals surface area contributed by atoms with Crippen LogP contribution in [-0.4, -0.2) is 21.1 Å². The molecular formula is C29H29N3O3. The molecule has 0 saturated heterocycles. The van der Waals surface area contributed by atoms with Gasteiger partial charge in [0.1, 0.15) is 0 Å². The number of amides is 1. The highest BCUT2D eigenvalue weighted by Gasteiger charge is 2.18. The molecule has 1 aromatic heterocycles. The van der Waals surface area contributed by atoms with E-state index in [4.69, 9.17) is 0 Å². The molecule has 0 unspecified atom stereocenters. The summed E-state index contributed by atoms with van der Waals surface area (Å²) in [6.07, 6.45) is 4.71. The minimum atomic E-state index is -0.388. The lowest BCUT2D eigenvalue weighted by molar-refractivity contribution is -0.121. The molecule has 0 radical (unpaired) electrons. The first-order valence-electron chi connectivity index (χ1n) is 12.2. The van der Waals surface area contributed by atoms with Gasteiger partial charge in [-0.15, -0.1) is 0 Å². The van der Waals surface area contributed by atoms with E-state index in [1.54, 1.807) is 28.8 Å². The van der Waals surface area contributed by atoms with E-state index < -0.39 is 0 Å². The molecule has 1 N–H and O–H groups in total. The van der Waals surface area contributed by atoms with Crippen LogP contribution in [0.15, 0.2) is 82.4 Å². The third-order valence-electron chi connectivity index (χ3n) is 6.79. The van der Waals surface area contributed by atoms with Gasteiger partial charge in [-0.25, -0.2) is 9.36 Å². The van der Waals surface area contributed by atoms with Crippen LogP contribution in [-0.2, 0) is 17.8 Å². The SMILES string of the molecule is Cc1ccc(Cn2c(=O)n(-c3ccc(CC(=O)NC4CCCC4)cc3)c(=O)c3ccccc32)cc1. The maximum Gasteiger partial charge on any atom is 0.336 e. The topological polar surface area (TPSA) is 73.1 Å². The highest BCUT2D eigenvalue weighted by Crippen LogP contribution is 2.18. The molecule has 0 atom stereocenters. The largest absolute Gasteiger partial charge is 0.353 e. The molecule has 1 saturated carbocycles. The van der Waals surface area contributed by atoms with Crippen LogP contribution in [0.5, 0.6) is 0 Å². The van der Waals surface area contributed by atoms with Gasteiger partial charge >= 0.3 is 5.69 Å². The fourth-order valence-electron chi connectivity index (χ4n) is 4.87. The Kier molecular flexibility index (Phi) is 6.36. The molecule has 1 amide bonds. The van der Waals surface area contributed by atoms with Gasteiger partial charge in [0.15, 0.2) is 0 Å². The van der Waals surface area contributed by atoms with Gasteiger partial charge < -0.3 is 5.32 Å². The van der Waals surface area contributed by atoms with Gasteiger partial charge in [0, 0.05) is 6.04 Å². The number of carbonyl (C=O) groups excluding carboxylic acids is 1. The lowest BCUT2D eigenvalue weighted by Gasteiger charge is -2.15. The molecule has 3 aromatic carbocycles. The summed E-state index contributed by atoms with van der Waals surface area (Å²) in [5, 5.41) is 3.58. The standard InChI is InChI=1S/C29H29N3O3/c1-20-10-12-22(13-11-20)19-31-26-9-5-4-8-25(26)28(34)32(29(31)35)24-16-14-21(15-17-24)18-27(33)30-23-6-2-3-7-23/h4-5,8-17,23H,2-3,6-7,18-19H2,1H3,(H,30,33). The quantitative estimate of drug-likeness (QED) is 0.464. The first-order chi connectivity index (χ1) is 17.0. The predicted molar refractivity (Wildman–Crippen MR) is 138 cm³/mol. The molecule has 6 heteroatoms. The Morgan fingerprint density at radius 3 is 2.26 bits per heavy atom. The Labute approximate surface area is 203 Å². The van der Waals surface area contributed by atoms with E-state index >= 15 is 0 Å². The molecule has 4 aromatic rings. The second-order valence-electron chi connectivity index (χ2n) is 9.40. The smallest absolute Gasteiger partial charge is 0.336 e. The second kappa shape index (κ2) is 9.74. The summed E-state index contributed by atoms with van der Waals surface area (Å²) in [5.41, 5.74) is 3.34. The third-order valence-corrected chi connectivity index (χ3v) is 6.79. The van der Waals surface area contributed by atoms with Crippen molar-refractivity contribution in [3.63, 3.8) is 0 Å². The average Bonchev–Trinajstić information content (AvgIpc) is 3.37. The summed E-state index contributed by atoms with van der Waals surface area (Å²) in [6.45, 7) is 2.38. The van der Waals surface area contributed by atoms with Crippen molar-refractivity contribution in [2.45, 2.75) is 51.6 Å². The number of aromatic nitrogens is 2. The van der Waals surface area contributed by atoms with Crippen LogP contribution in [0.2, 0.25) is 0 Å². The third kappa shape index (κ3) is 4.83. The number of benzene rings is 3. The van der Waals surface area contributed by atoms with Crippen LogP contribution >= 0.6 is 0 Å². The summed E-state index contributed by atoms with van der Waals surface area (Å²) in [6, 6.07) is 22.6. The molecule has 178 valence electrons. The maximum absolute atomic E-state index is 13.6. The summed E-state index contributed by atoms with van der Waals surface area (Å²) in [4.78, 5) is 39.3. The number of nitrogens with one attached hydrogen (secondary N) is 1. The summed E-state index contributed by atoms with van der Waals surface area (Å²) in [5.74, 6) is 0.00738. The van der Waals surface area contributed by atoms with E-state index in [2.05, 4.69) is 5.32 Å². The zero-order valence-corrected chi connectivity index (χ0v) is 19.9. The zero-order chi connectivity index (χ0) is 24.4. The molecule has 6 nitrogen and oxygen atoms in total. The van der Waals surface area contributed by atoms with Crippen LogP contribution in [0.25, 0.3) is 16.6 Å². The number of aryl methyl sites for hydroxylation is 1. The van der Waals surface area contributed by atoms with Crippen LogP contribution in [0.4, 0.5) is 0 Å². The van der Waals surface area contributed by atoms with Crippen molar-refractivity contribution in [3.05, 3.63) is 110 Å². The van der Waals surface area contributed by atoms with E-state index in [-0.39, 0.29) is 29.6 Å². The highest BCUT2D eigenvalue weighted by atomic mass is 16.2. The number of rotatable bonds is 6. The van der Waals surface area contributed by atoms with Crippen LogP contribution in [0.3, 0.4) is 0 Å². The van der Waals surface area contributed by atoms with Crippen molar-refractivity contribution >= 4 is 16.8 Å². The van der Waals surface area contributed by atoms with E-state index in [1.807, 2.05) is 55.5 Å². The normalized spacial score (nSPS) is 13.9. The minimum Gasteiger partial charge on any atom is -0.353 e. The number of hydrogen-bond acceptors (Lipinski definition) is 3. The zero-order valence-electron chi connectivity index (χ0n) is 19.9. The van der Waals surface area contributed by atoms with Crippen molar-refractivity contribution in [2.24, 2.45) is 0 Å². The Balaban J connectivity index is 1.49. The van der Waals surface area contributed by atoms with Crippen molar-refractivity contribution in [2.75, 3.05) is 0 Å². The van der Waals surface area contributed by atoms with Gasteiger partial charge in [0.2, 0.25) is 5.91 Å². The van der Waals surface area contributed by atoms with E-state index in [0.29, 0.717) is 23.1 Å². The molecular weight excluding hydrogens is 438 g/mol. The molecule has 1 fully saturated rings. The van der Waals surface area contributed by atoms with E-state index in [1.165, 1.54) is 17.4 Å². The second-order valence-corrected chi connectivity index (χ2v) is 9.40. The van der Waals surface area contributed by atoms with Crippen LogP contribution < -0.4 is 16.6 Å². The summed E-state index contributed by atoms with van der Waals surface area (Å²) < 4.78 is 2.86. The first kappa shape index (κ1) is 22.8. The Morgan fingerprint density at radius 1 is 0.886 bits per heavy atom. The van der Waals surface area contributed by atoms with Gasteiger partial charge in [-0.2, -0.15) is 0 Å². The number of carbonyl (C=O) groups is 1. The Bertz CT molecular complexity index is 1480. The molecule has 1 heterocycles. The Morgan fingerprint density at radius 2 is 1.54 bits per heavy atom. The number of para-hydroxylation sites is 1. The lowest BCUT2D eigenvalue weighted by atomic mass is 10.1. The van der Waals surface area contributed by atoms with E-state index in [0.717, 1.165) is 29.5 Å². The van der Waals surface area contributed by atoms with Crippen molar-refractivity contribution in [1.82, 2.24) is 14.5 Å². The maximum atomic E-state index is 13.6. The van der Waals surface area contributed by atoms with Crippen LogP contribution in [0.1, 0.15) is 42.4 Å². The fourth-order valence-corrected chi connectivity index (χ4v) is 4.87. The molecule has 1 aliphatic carbocycles. The van der Waals surface area contributed by atoms with Gasteiger partial charge in [-0.05, 0) is 55.2 Å². The van der Waals surface area contributed by atoms with Crippen molar-refractivity contribution < 1.29 is 4.79 Å². The number of hydrogen-bond donors (Lipinski definition) is 1. The number of nitrogens with zero attached hydrogens (tertiary/aromatic N) is 2. The predicted octanol–water partition coefficient (Wildman–Crippen LogP) is 4.11. The number of fused-ring (bicyclic) bond motifs is 1. The first-order valence-corrected chi connectivity index (χ1v) is 12.2. The molecule has 5 rings (SSSR count). The molecule has 35 heavy (non-hydrogen) atoms. The lowest BCUT2D eigenvalue weighted by Crippen LogP contribution is -2.39. The average molecular weight is 468 g/mol. The van der Waals surface area contributed by atoms with Gasteiger partial charge in [0.05, 0.1) is 29.6 Å². The molecule has 0 aliphatic heterocycles. The van der Waals surface area contributed by atoms with Crippen molar-refractivity contribution in [1.29, 1.82) is 0 Å². The summed E-state index contributed by atoms with van der Waals surface area (Å²) in [7, 11) is 0. The molecule has 1 aliphatic rings. The summed E-state index contributed by atoms with van der Waals surface area (Å²) >= 11 is 0. The van der Waals surface area contributed by atoms with E-state index in [9.17, 15) is 14.4 Å². The minimum absolute atomic E-state index is 0.00738. The highest BCUT2D eigenvalue weighted by molar-refractivity contribution is 5.79. The van der Waals surface area contributed by atoms with Crippen LogP contribution in [0, 0.1) is 6.92 Å². The fraction of sp³-hybridized carbons (Fsp3) is 0.276. The van der Waals surface area contributed by atoms with Crippen molar-refractivity contribution in [3.8, 4) is 5.69 Å². The monoisotopic (exact) mass is 467 g/mol. The molecule has 0 bridgehead atoms. The van der Waals surface area contributed by atoms with Gasteiger partial charge in [-0.3, -0.25) is 14.2 Å². The Hall–Kier alpha value is -3.93.